The first-order valence-electron chi connectivity index (χ1n) is 13.6. The summed E-state index contributed by atoms with van der Waals surface area (Å²) in [6.45, 7) is 4.55. The van der Waals surface area contributed by atoms with E-state index in [4.69, 9.17) is 38.9 Å². The normalized spacial score (nSPS) is 11.6. The molecule has 0 radical (unpaired) electrons. The number of rotatable bonds is 27. The van der Waals surface area contributed by atoms with Crippen LogP contribution in [0.1, 0.15) is 104 Å². The smallest absolute Gasteiger partial charge is 0.394 e. The van der Waals surface area contributed by atoms with Gasteiger partial charge in [-0.15, -0.1) is 0 Å². The summed E-state index contributed by atoms with van der Waals surface area (Å²) in [6, 6.07) is 0. The third kappa shape index (κ3) is 31.9. The van der Waals surface area contributed by atoms with E-state index in [0.717, 1.165) is 25.7 Å². The van der Waals surface area contributed by atoms with Gasteiger partial charge in [0.15, 0.2) is 0 Å². The Labute approximate surface area is 218 Å². The zero-order valence-corrected chi connectivity index (χ0v) is 23.6. The van der Waals surface area contributed by atoms with Gasteiger partial charge < -0.3 is 20.2 Å². The molecule has 36 heavy (non-hydrogen) atoms. The van der Waals surface area contributed by atoms with Gasteiger partial charge >= 0.3 is 7.82 Å². The molecule has 0 aromatic rings. The Kier molecular flexibility index (Phi) is 32.8. The molecule has 11 nitrogen and oxygen atoms in total. The molecule has 0 aliphatic carbocycles. The topological polar surface area (TPSA) is 147 Å². The van der Waals surface area contributed by atoms with Crippen molar-refractivity contribution in [3.8, 4) is 0 Å². The lowest BCUT2D eigenvalue weighted by Gasteiger charge is -2.17. The largest absolute Gasteiger partial charge is 0.472 e. The van der Waals surface area contributed by atoms with Crippen molar-refractivity contribution in [2.75, 3.05) is 52.9 Å². The standard InChI is InChI=1S/C18H39O4P.C6H15NO6/c1-3-5-7-9-11-13-15-17-21-23(19,20)22-18-16-14-12-10-8-6-4-2;8-1-4-11-7(12-5-2-9)13-6-3-10/h3-18H2,1-2H3,(H,19,20);8-10H,1-6H2. The number of aliphatic hydroxyl groups excluding tert-OH is 3. The van der Waals surface area contributed by atoms with E-state index in [0.29, 0.717) is 18.6 Å². The molecule has 12 heteroatoms. The van der Waals surface area contributed by atoms with Crippen LogP contribution in [0.2, 0.25) is 0 Å². The number of phosphoric ester groups is 1. The number of hydrogen-bond acceptors (Lipinski definition) is 10. The molecule has 0 aromatic carbocycles. The van der Waals surface area contributed by atoms with Crippen LogP contribution in [0.4, 0.5) is 0 Å². The van der Waals surface area contributed by atoms with Crippen molar-refractivity contribution in [2.45, 2.75) is 104 Å². The number of aliphatic hydroxyl groups is 3. The molecule has 4 N–H and O–H groups in total. The second-order valence-corrected chi connectivity index (χ2v) is 9.73. The Morgan fingerprint density at radius 3 is 1.14 bits per heavy atom. The van der Waals surface area contributed by atoms with Crippen molar-refractivity contribution in [2.24, 2.45) is 0 Å². The van der Waals surface area contributed by atoms with Gasteiger partial charge in [0, 0.05) is 0 Å². The zero-order valence-electron chi connectivity index (χ0n) is 22.7. The Bertz CT molecular complexity index is 420. The van der Waals surface area contributed by atoms with E-state index in [1.54, 1.807) is 0 Å². The lowest BCUT2D eigenvalue weighted by atomic mass is 10.1. The predicted octanol–water partition coefficient (Wildman–Crippen LogP) is 4.68. The van der Waals surface area contributed by atoms with E-state index in [1.165, 1.54) is 64.2 Å². The van der Waals surface area contributed by atoms with Crippen LogP contribution in [0.5, 0.6) is 0 Å². The first-order valence-corrected chi connectivity index (χ1v) is 15.1. The van der Waals surface area contributed by atoms with E-state index in [-0.39, 0.29) is 39.6 Å². The van der Waals surface area contributed by atoms with Gasteiger partial charge in [-0.05, 0) is 12.8 Å². The SMILES string of the molecule is CCCCCCCCCOP(=O)(O)OCCCCCCCCC.OCCON(OCCO)OCCO. The summed E-state index contributed by atoms with van der Waals surface area (Å²) in [5.41, 5.74) is 0. The van der Waals surface area contributed by atoms with Crippen LogP contribution in [0.25, 0.3) is 0 Å². The van der Waals surface area contributed by atoms with E-state index >= 15 is 0 Å². The van der Waals surface area contributed by atoms with Crippen LogP contribution in [0.3, 0.4) is 0 Å². The Hall–Kier alpha value is -0.170. The molecule has 0 rings (SSSR count). The Balaban J connectivity index is 0. The van der Waals surface area contributed by atoms with Crippen molar-refractivity contribution in [3.63, 3.8) is 0 Å². The molecule has 0 heterocycles. The highest BCUT2D eigenvalue weighted by Crippen LogP contribution is 2.43. The highest BCUT2D eigenvalue weighted by Gasteiger charge is 2.19. The first kappa shape index (κ1) is 38.0. The average Bonchev–Trinajstić information content (AvgIpc) is 2.87. The van der Waals surface area contributed by atoms with E-state index < -0.39 is 7.82 Å². The van der Waals surface area contributed by atoms with Gasteiger partial charge in [0.2, 0.25) is 0 Å². The Morgan fingerprint density at radius 1 is 0.528 bits per heavy atom. The summed E-state index contributed by atoms with van der Waals surface area (Å²) < 4.78 is 21.7. The molecular formula is C24H54NO10P. The average molecular weight is 548 g/mol. The third-order valence-corrected chi connectivity index (χ3v) is 5.89. The molecule has 0 saturated carbocycles. The lowest BCUT2D eigenvalue weighted by molar-refractivity contribution is -0.527. The van der Waals surface area contributed by atoms with Crippen molar-refractivity contribution in [1.29, 1.82) is 0 Å². The van der Waals surface area contributed by atoms with Gasteiger partial charge in [0.05, 0.1) is 58.2 Å². The number of hydrogen-bond donors (Lipinski definition) is 4. The molecule has 0 spiro atoms. The molecule has 0 aliphatic heterocycles. The summed E-state index contributed by atoms with van der Waals surface area (Å²) in [5, 5.41) is 25.9. The summed E-state index contributed by atoms with van der Waals surface area (Å²) in [6.07, 6.45) is 16.3. The van der Waals surface area contributed by atoms with Crippen molar-refractivity contribution in [1.82, 2.24) is 5.39 Å². The van der Waals surface area contributed by atoms with Gasteiger partial charge in [-0.3, -0.25) is 9.05 Å². The highest BCUT2D eigenvalue weighted by atomic mass is 31.2. The minimum absolute atomic E-state index is 0.0108. The fourth-order valence-electron chi connectivity index (χ4n) is 2.97. The fourth-order valence-corrected chi connectivity index (χ4v) is 3.77. The van der Waals surface area contributed by atoms with E-state index in [9.17, 15) is 9.46 Å². The van der Waals surface area contributed by atoms with Crippen LogP contribution in [-0.4, -0.2) is 78.5 Å². The van der Waals surface area contributed by atoms with Gasteiger partial charge in [-0.25, -0.2) is 19.1 Å². The minimum atomic E-state index is -3.82. The molecule has 0 amide bonds. The minimum Gasteiger partial charge on any atom is -0.394 e. The third-order valence-electron chi connectivity index (χ3n) is 4.87. The number of phosphoric acid groups is 1. The number of unbranched alkanes of at least 4 members (excludes halogenated alkanes) is 12. The zero-order chi connectivity index (χ0) is 27.2. The molecule has 0 aliphatic rings. The van der Waals surface area contributed by atoms with Gasteiger partial charge in [0.25, 0.3) is 0 Å². The molecule has 0 fully saturated rings. The maximum absolute atomic E-state index is 11.7. The van der Waals surface area contributed by atoms with Gasteiger partial charge in [0.1, 0.15) is 0 Å². The maximum Gasteiger partial charge on any atom is 0.472 e. The summed E-state index contributed by atoms with van der Waals surface area (Å²) in [4.78, 5) is 23.7. The predicted molar refractivity (Wildman–Crippen MR) is 139 cm³/mol. The van der Waals surface area contributed by atoms with Crippen LogP contribution >= 0.6 is 7.82 Å². The second-order valence-electron chi connectivity index (χ2n) is 8.27. The van der Waals surface area contributed by atoms with Gasteiger partial charge in [-0.2, -0.15) is 0 Å². The number of nitrogens with zero attached hydrogens (tertiary/aromatic N) is 1. The van der Waals surface area contributed by atoms with E-state index in [2.05, 4.69) is 13.8 Å². The van der Waals surface area contributed by atoms with Crippen LogP contribution in [0, 0.1) is 0 Å². The van der Waals surface area contributed by atoms with Crippen molar-refractivity contribution >= 4 is 7.82 Å². The van der Waals surface area contributed by atoms with Crippen LogP contribution < -0.4 is 0 Å². The molecule has 0 aromatic heterocycles. The summed E-state index contributed by atoms with van der Waals surface area (Å²) in [5.74, 6) is 0. The Morgan fingerprint density at radius 2 is 0.833 bits per heavy atom. The van der Waals surface area contributed by atoms with Crippen LogP contribution in [0.15, 0.2) is 0 Å². The first-order chi connectivity index (χ1) is 17.5. The monoisotopic (exact) mass is 547 g/mol. The fraction of sp³-hybridized carbons (Fsp3) is 1.00. The van der Waals surface area contributed by atoms with Crippen LogP contribution in [-0.2, 0) is 28.1 Å². The quantitative estimate of drug-likeness (QED) is 0.0645. The summed E-state index contributed by atoms with van der Waals surface area (Å²) in [7, 11) is -3.82. The lowest BCUT2D eigenvalue weighted by Crippen LogP contribution is -2.28. The van der Waals surface area contributed by atoms with Crippen molar-refractivity contribution < 1.29 is 48.3 Å². The van der Waals surface area contributed by atoms with Gasteiger partial charge in [-0.1, -0.05) is 90.9 Å². The molecule has 0 atom stereocenters. The molecular weight excluding hydrogens is 493 g/mol. The maximum atomic E-state index is 11.7. The molecule has 0 bridgehead atoms. The molecule has 220 valence electrons. The van der Waals surface area contributed by atoms with Crippen molar-refractivity contribution in [3.05, 3.63) is 0 Å². The molecule has 0 unspecified atom stereocenters. The summed E-state index contributed by atoms with van der Waals surface area (Å²) >= 11 is 0. The van der Waals surface area contributed by atoms with E-state index in [1.807, 2.05) is 0 Å². The highest BCUT2D eigenvalue weighted by molar-refractivity contribution is 7.47. The molecule has 0 saturated heterocycles. The second kappa shape index (κ2) is 31.1.